The topological polar surface area (TPSA) is 68.6 Å². The monoisotopic (exact) mass is 402 g/mol. The number of nitrogens with zero attached hydrogens (tertiary/aromatic N) is 2. The van der Waals surface area contributed by atoms with Crippen LogP contribution in [-0.4, -0.2) is 36.5 Å². The average Bonchev–Trinajstić information content (AvgIpc) is 3.32. The number of aromatic nitrogens is 1. The van der Waals surface area contributed by atoms with Crippen molar-refractivity contribution in [3.63, 3.8) is 0 Å². The summed E-state index contributed by atoms with van der Waals surface area (Å²) >= 11 is 0. The molecular weight excluding hydrogens is 376 g/mol. The molecule has 2 aromatic rings. The first kappa shape index (κ1) is 19.2. The fourth-order valence-electron chi connectivity index (χ4n) is 4.12. The highest BCUT2D eigenvalue weighted by Gasteiger charge is 2.39. The van der Waals surface area contributed by atoms with E-state index in [1.54, 1.807) is 0 Å². The molecule has 0 radical (unpaired) electrons. The van der Waals surface area contributed by atoms with Crippen LogP contribution in [-0.2, 0) is 10.0 Å². The molecule has 0 spiro atoms. The molecular formula is C21H26N2O4S. The Bertz CT molecular complexity index is 1070. The normalized spacial score (nSPS) is 18.1. The standard InChI is InChI=1S/C21H26N2O4S/c1-13-7-14(2)21(15(3)8-13)28(25,26)22-11-19(12-22)27-18-9-16(4)23(17-5-6-17)20(24)10-18/h7-10,17,19H,5-6,11-12H2,1-4H3. The SMILES string of the molecule is Cc1cc(C)c(S(=O)(=O)N2CC(Oc3cc(C)n(C4CC4)c(=O)c3)C2)c(C)c1. The second-order valence-corrected chi connectivity index (χ2v) is 9.94. The van der Waals surface area contributed by atoms with Crippen LogP contribution in [0.1, 0.15) is 41.3 Å². The van der Waals surface area contributed by atoms with Crippen molar-refractivity contribution >= 4 is 10.0 Å². The zero-order chi connectivity index (χ0) is 20.2. The Kier molecular flexibility index (Phi) is 4.62. The summed E-state index contributed by atoms with van der Waals surface area (Å²) in [4.78, 5) is 12.7. The van der Waals surface area contributed by atoms with Crippen molar-refractivity contribution in [3.05, 3.63) is 57.0 Å². The maximum absolute atomic E-state index is 13.0. The van der Waals surface area contributed by atoms with Gasteiger partial charge in [-0.1, -0.05) is 17.7 Å². The molecule has 6 nitrogen and oxygen atoms in total. The van der Waals surface area contributed by atoms with Crippen LogP contribution in [0.3, 0.4) is 0 Å². The van der Waals surface area contributed by atoms with Crippen LogP contribution in [0.2, 0.25) is 0 Å². The van der Waals surface area contributed by atoms with Crippen LogP contribution in [0.25, 0.3) is 0 Å². The van der Waals surface area contributed by atoms with Crippen LogP contribution in [0, 0.1) is 27.7 Å². The predicted octanol–water partition coefficient (Wildman–Crippen LogP) is 2.87. The van der Waals surface area contributed by atoms with Gasteiger partial charge in [-0.25, -0.2) is 8.42 Å². The molecule has 0 N–H and O–H groups in total. The quantitative estimate of drug-likeness (QED) is 0.771. The van der Waals surface area contributed by atoms with Gasteiger partial charge in [0.15, 0.2) is 0 Å². The first-order chi connectivity index (χ1) is 13.2. The van der Waals surface area contributed by atoms with Gasteiger partial charge in [0.25, 0.3) is 5.56 Å². The zero-order valence-electron chi connectivity index (χ0n) is 16.7. The lowest BCUT2D eigenvalue weighted by Gasteiger charge is -2.38. The van der Waals surface area contributed by atoms with E-state index in [1.807, 2.05) is 50.5 Å². The molecule has 1 aromatic heterocycles. The van der Waals surface area contributed by atoms with Gasteiger partial charge in [0.05, 0.1) is 18.0 Å². The first-order valence-corrected chi connectivity index (χ1v) is 11.1. The molecule has 1 aliphatic carbocycles. The second-order valence-electron chi connectivity index (χ2n) is 8.06. The summed E-state index contributed by atoms with van der Waals surface area (Å²) in [5.41, 5.74) is 3.42. The molecule has 0 unspecified atom stereocenters. The van der Waals surface area contributed by atoms with E-state index < -0.39 is 10.0 Å². The number of ether oxygens (including phenoxy) is 1. The van der Waals surface area contributed by atoms with Gasteiger partial charge in [-0.2, -0.15) is 4.31 Å². The second kappa shape index (κ2) is 6.74. The number of benzene rings is 1. The van der Waals surface area contributed by atoms with Gasteiger partial charge < -0.3 is 9.30 Å². The Morgan fingerprint density at radius 2 is 1.57 bits per heavy atom. The maximum Gasteiger partial charge on any atom is 0.254 e. The molecule has 2 heterocycles. The Morgan fingerprint density at radius 1 is 0.964 bits per heavy atom. The molecule has 7 heteroatoms. The van der Waals surface area contributed by atoms with Gasteiger partial charge in [0.1, 0.15) is 11.9 Å². The number of aryl methyl sites for hydroxylation is 4. The molecule has 2 aliphatic rings. The number of sulfonamides is 1. The summed E-state index contributed by atoms with van der Waals surface area (Å²) in [6.45, 7) is 8.12. The van der Waals surface area contributed by atoms with Crippen molar-refractivity contribution < 1.29 is 13.2 Å². The van der Waals surface area contributed by atoms with Gasteiger partial charge in [-0.3, -0.25) is 4.79 Å². The van der Waals surface area contributed by atoms with Crippen LogP contribution in [0.4, 0.5) is 0 Å². The highest BCUT2D eigenvalue weighted by atomic mass is 32.2. The third-order valence-corrected chi connectivity index (χ3v) is 7.60. The largest absolute Gasteiger partial charge is 0.487 e. The van der Waals surface area contributed by atoms with Crippen molar-refractivity contribution in [2.24, 2.45) is 0 Å². The van der Waals surface area contributed by atoms with E-state index in [9.17, 15) is 13.2 Å². The van der Waals surface area contributed by atoms with Crippen molar-refractivity contribution in [2.45, 2.75) is 57.6 Å². The van der Waals surface area contributed by atoms with E-state index in [2.05, 4.69) is 0 Å². The van der Waals surface area contributed by atoms with Crippen molar-refractivity contribution in [1.29, 1.82) is 0 Å². The maximum atomic E-state index is 13.0. The van der Waals surface area contributed by atoms with Gasteiger partial charge in [-0.05, 0) is 57.7 Å². The van der Waals surface area contributed by atoms with Crippen LogP contribution in [0.5, 0.6) is 5.75 Å². The Labute approximate surface area is 165 Å². The minimum absolute atomic E-state index is 0.0489. The van der Waals surface area contributed by atoms with Crippen molar-refractivity contribution in [1.82, 2.24) is 8.87 Å². The highest BCUT2D eigenvalue weighted by Crippen LogP contribution is 2.35. The van der Waals surface area contributed by atoms with E-state index in [0.29, 0.717) is 29.8 Å². The molecule has 1 aliphatic heterocycles. The van der Waals surface area contributed by atoms with E-state index in [1.165, 1.54) is 10.4 Å². The summed E-state index contributed by atoms with van der Waals surface area (Å²) in [6.07, 6.45) is 1.86. The smallest absolute Gasteiger partial charge is 0.254 e. The van der Waals surface area contributed by atoms with Gasteiger partial charge in [0, 0.05) is 17.8 Å². The molecule has 1 aromatic carbocycles. The number of pyridine rings is 1. The number of hydrogen-bond acceptors (Lipinski definition) is 4. The fraction of sp³-hybridized carbons (Fsp3) is 0.476. The first-order valence-electron chi connectivity index (χ1n) is 9.64. The van der Waals surface area contributed by atoms with Crippen LogP contribution < -0.4 is 10.3 Å². The third kappa shape index (κ3) is 3.37. The van der Waals surface area contributed by atoms with E-state index in [-0.39, 0.29) is 11.7 Å². The molecule has 0 amide bonds. The summed E-state index contributed by atoms with van der Waals surface area (Å²) < 4.78 is 35.2. The van der Waals surface area contributed by atoms with Crippen LogP contribution in [0.15, 0.2) is 34.0 Å². The lowest BCUT2D eigenvalue weighted by molar-refractivity contribution is 0.0758. The lowest BCUT2D eigenvalue weighted by atomic mass is 10.1. The lowest BCUT2D eigenvalue weighted by Crippen LogP contribution is -2.56. The summed E-state index contributed by atoms with van der Waals surface area (Å²) in [7, 11) is -3.54. The molecule has 1 saturated heterocycles. The Morgan fingerprint density at radius 3 is 2.11 bits per heavy atom. The molecule has 28 heavy (non-hydrogen) atoms. The Balaban J connectivity index is 1.47. The van der Waals surface area contributed by atoms with Gasteiger partial charge in [-0.15, -0.1) is 0 Å². The van der Waals surface area contributed by atoms with Crippen molar-refractivity contribution in [3.8, 4) is 5.75 Å². The molecule has 0 bridgehead atoms. The van der Waals surface area contributed by atoms with E-state index in [0.717, 1.165) is 35.2 Å². The highest BCUT2D eigenvalue weighted by molar-refractivity contribution is 7.89. The predicted molar refractivity (Wildman–Crippen MR) is 108 cm³/mol. The van der Waals surface area contributed by atoms with Crippen molar-refractivity contribution in [2.75, 3.05) is 13.1 Å². The number of hydrogen-bond donors (Lipinski definition) is 0. The summed E-state index contributed by atoms with van der Waals surface area (Å²) in [6, 6.07) is 7.49. The molecule has 2 fully saturated rings. The summed E-state index contributed by atoms with van der Waals surface area (Å²) in [5.74, 6) is 0.518. The summed E-state index contributed by atoms with van der Waals surface area (Å²) in [5, 5.41) is 0. The minimum atomic E-state index is -3.54. The van der Waals surface area contributed by atoms with E-state index >= 15 is 0 Å². The molecule has 150 valence electrons. The zero-order valence-corrected chi connectivity index (χ0v) is 17.5. The fourth-order valence-corrected chi connectivity index (χ4v) is 6.03. The average molecular weight is 403 g/mol. The third-order valence-electron chi connectivity index (χ3n) is 5.47. The number of rotatable bonds is 5. The molecule has 4 rings (SSSR count). The van der Waals surface area contributed by atoms with Crippen LogP contribution >= 0.6 is 0 Å². The molecule has 0 atom stereocenters. The molecule has 1 saturated carbocycles. The van der Waals surface area contributed by atoms with E-state index in [4.69, 9.17) is 4.74 Å². The van der Waals surface area contributed by atoms with Gasteiger partial charge >= 0.3 is 0 Å². The minimum Gasteiger partial charge on any atom is -0.487 e. The van der Waals surface area contributed by atoms with Gasteiger partial charge in [0.2, 0.25) is 10.0 Å². The Hall–Kier alpha value is -2.12.